The SMILES string of the molecule is c1ccc(-c2c3c(cc4ccccc24)C(c2ccccc2)(c2ccccc2)c2cc(-c4ccc5c6c(cccc46)-c4ccccc4O5)ccc2-3)cc1. The summed E-state index contributed by atoms with van der Waals surface area (Å²) in [4.78, 5) is 0. The third-order valence-corrected chi connectivity index (χ3v) is 11.3. The van der Waals surface area contributed by atoms with Gasteiger partial charge in [0, 0.05) is 10.9 Å². The summed E-state index contributed by atoms with van der Waals surface area (Å²) in [6, 6.07) is 71.2. The Labute approximate surface area is 303 Å². The summed E-state index contributed by atoms with van der Waals surface area (Å²) in [7, 11) is 0. The lowest BCUT2D eigenvalue weighted by molar-refractivity contribution is 0.487. The highest BCUT2D eigenvalue weighted by Gasteiger charge is 2.47. The van der Waals surface area contributed by atoms with Crippen LogP contribution >= 0.6 is 0 Å². The van der Waals surface area contributed by atoms with Gasteiger partial charge >= 0.3 is 0 Å². The van der Waals surface area contributed by atoms with Crippen molar-refractivity contribution in [2.24, 2.45) is 0 Å². The van der Waals surface area contributed by atoms with E-state index in [1.165, 1.54) is 77.4 Å². The van der Waals surface area contributed by atoms with Crippen LogP contribution in [0.5, 0.6) is 11.5 Å². The molecule has 1 heterocycles. The maximum Gasteiger partial charge on any atom is 0.135 e. The Bertz CT molecular complexity index is 2810. The van der Waals surface area contributed by atoms with E-state index in [1.807, 2.05) is 6.07 Å². The third-order valence-electron chi connectivity index (χ3n) is 11.3. The minimum absolute atomic E-state index is 0.550. The van der Waals surface area contributed by atoms with Crippen molar-refractivity contribution in [1.82, 2.24) is 0 Å². The molecule has 0 amide bonds. The number of hydrogen-bond acceptors (Lipinski definition) is 1. The summed E-state index contributed by atoms with van der Waals surface area (Å²) in [5.41, 5.74) is 14.4. The van der Waals surface area contributed by atoms with Gasteiger partial charge in [0.05, 0.1) is 5.41 Å². The standard InChI is InChI=1S/C51H32O/c1-4-15-33(16-5-1)48-39-22-11-10-17-34(39)32-45-50(48)43-28-27-35(31-44(43)51(45,36-18-6-2-7-19-36)37-20-8-3-9-21-37)38-29-30-47-49-41(38)24-14-25-42(49)40-23-12-13-26-46(40)52-47/h1-32H. The van der Waals surface area contributed by atoms with E-state index >= 15 is 0 Å². The Morgan fingerprint density at radius 1 is 0.346 bits per heavy atom. The van der Waals surface area contributed by atoms with Gasteiger partial charge in [-0.25, -0.2) is 0 Å². The maximum atomic E-state index is 6.50. The summed E-state index contributed by atoms with van der Waals surface area (Å²) in [6.45, 7) is 0. The summed E-state index contributed by atoms with van der Waals surface area (Å²) in [5, 5.41) is 4.87. The zero-order valence-electron chi connectivity index (χ0n) is 28.4. The van der Waals surface area contributed by atoms with Gasteiger partial charge in [0.25, 0.3) is 0 Å². The van der Waals surface area contributed by atoms with E-state index in [-0.39, 0.29) is 0 Å². The lowest BCUT2D eigenvalue weighted by Gasteiger charge is -2.34. The molecule has 0 saturated heterocycles. The van der Waals surface area contributed by atoms with E-state index in [2.05, 4.69) is 188 Å². The molecule has 11 rings (SSSR count). The number of para-hydroxylation sites is 1. The number of rotatable bonds is 4. The van der Waals surface area contributed by atoms with Gasteiger partial charge < -0.3 is 4.74 Å². The first kappa shape index (κ1) is 29.1. The molecule has 9 aromatic rings. The van der Waals surface area contributed by atoms with E-state index in [1.54, 1.807) is 0 Å². The van der Waals surface area contributed by atoms with Crippen molar-refractivity contribution in [2.45, 2.75) is 5.41 Å². The molecule has 242 valence electrons. The Morgan fingerprint density at radius 3 is 1.77 bits per heavy atom. The average Bonchev–Trinajstić information content (AvgIpc) is 3.51. The van der Waals surface area contributed by atoms with Gasteiger partial charge in [-0.2, -0.15) is 0 Å². The molecule has 0 atom stereocenters. The fraction of sp³-hybridized carbons (Fsp3) is 0.0196. The smallest absolute Gasteiger partial charge is 0.135 e. The topological polar surface area (TPSA) is 9.23 Å². The van der Waals surface area contributed by atoms with Crippen molar-refractivity contribution in [3.63, 3.8) is 0 Å². The van der Waals surface area contributed by atoms with Crippen LogP contribution in [0.15, 0.2) is 194 Å². The van der Waals surface area contributed by atoms with Gasteiger partial charge in [0.2, 0.25) is 0 Å². The van der Waals surface area contributed by atoms with Crippen molar-refractivity contribution < 1.29 is 4.74 Å². The van der Waals surface area contributed by atoms with Gasteiger partial charge in [-0.1, -0.05) is 170 Å². The largest absolute Gasteiger partial charge is 0.456 e. The second kappa shape index (κ2) is 11.2. The van der Waals surface area contributed by atoms with Crippen molar-refractivity contribution >= 4 is 21.5 Å². The minimum Gasteiger partial charge on any atom is -0.456 e. The van der Waals surface area contributed by atoms with E-state index in [9.17, 15) is 0 Å². The molecular weight excluding hydrogens is 629 g/mol. The molecule has 0 N–H and O–H groups in total. The monoisotopic (exact) mass is 660 g/mol. The van der Waals surface area contributed by atoms with Crippen LogP contribution in [0.25, 0.3) is 66.1 Å². The molecule has 0 bridgehead atoms. The molecule has 0 spiro atoms. The normalized spacial score (nSPS) is 13.3. The fourth-order valence-electron chi connectivity index (χ4n) is 9.21. The lowest BCUT2D eigenvalue weighted by Crippen LogP contribution is -2.28. The second-order valence-electron chi connectivity index (χ2n) is 13.9. The molecule has 1 heteroatoms. The van der Waals surface area contributed by atoms with Gasteiger partial charge in [-0.05, 0) is 102 Å². The van der Waals surface area contributed by atoms with E-state index in [0.717, 1.165) is 22.4 Å². The molecule has 1 nitrogen and oxygen atoms in total. The van der Waals surface area contributed by atoms with Gasteiger partial charge in [0.15, 0.2) is 0 Å². The van der Waals surface area contributed by atoms with Crippen LogP contribution < -0.4 is 4.74 Å². The Hall–Kier alpha value is -6.70. The maximum absolute atomic E-state index is 6.50. The van der Waals surface area contributed by atoms with Crippen molar-refractivity contribution in [2.75, 3.05) is 0 Å². The number of benzene rings is 9. The van der Waals surface area contributed by atoms with E-state index in [0.29, 0.717) is 0 Å². The zero-order valence-corrected chi connectivity index (χ0v) is 28.4. The van der Waals surface area contributed by atoms with E-state index in [4.69, 9.17) is 4.74 Å². The molecule has 2 aliphatic rings. The fourth-order valence-corrected chi connectivity index (χ4v) is 9.21. The molecule has 1 aliphatic carbocycles. The number of ether oxygens (including phenoxy) is 1. The first-order chi connectivity index (χ1) is 25.8. The van der Waals surface area contributed by atoms with Crippen LogP contribution in [0.3, 0.4) is 0 Å². The quantitative estimate of drug-likeness (QED) is 0.183. The van der Waals surface area contributed by atoms with Crippen LogP contribution in [0, 0.1) is 0 Å². The number of fused-ring (bicyclic) bond motifs is 6. The van der Waals surface area contributed by atoms with Gasteiger partial charge in [-0.3, -0.25) is 0 Å². The first-order valence-electron chi connectivity index (χ1n) is 18.0. The van der Waals surface area contributed by atoms with Crippen LogP contribution in [0.4, 0.5) is 0 Å². The van der Waals surface area contributed by atoms with Crippen LogP contribution in [0.2, 0.25) is 0 Å². The highest BCUT2D eigenvalue weighted by molar-refractivity contribution is 6.12. The first-order valence-corrected chi connectivity index (χ1v) is 18.0. The predicted octanol–water partition coefficient (Wildman–Crippen LogP) is 13.5. The van der Waals surface area contributed by atoms with E-state index < -0.39 is 5.41 Å². The molecule has 0 unspecified atom stereocenters. The molecular formula is C51H32O. The summed E-state index contributed by atoms with van der Waals surface area (Å²) in [6.07, 6.45) is 0. The molecule has 1 aliphatic heterocycles. The lowest BCUT2D eigenvalue weighted by atomic mass is 9.67. The number of hydrogen-bond donors (Lipinski definition) is 0. The Kier molecular flexibility index (Phi) is 6.23. The minimum atomic E-state index is -0.550. The van der Waals surface area contributed by atoms with Gasteiger partial charge in [0.1, 0.15) is 11.5 Å². The zero-order chi connectivity index (χ0) is 34.2. The molecule has 9 aromatic carbocycles. The third kappa shape index (κ3) is 3.99. The second-order valence-corrected chi connectivity index (χ2v) is 13.9. The van der Waals surface area contributed by atoms with Crippen LogP contribution in [0.1, 0.15) is 22.3 Å². The van der Waals surface area contributed by atoms with Crippen molar-refractivity contribution in [1.29, 1.82) is 0 Å². The van der Waals surface area contributed by atoms with Gasteiger partial charge in [-0.15, -0.1) is 0 Å². The average molecular weight is 661 g/mol. The Morgan fingerprint density at radius 2 is 0.981 bits per heavy atom. The van der Waals surface area contributed by atoms with Crippen molar-refractivity contribution in [3.8, 4) is 56.0 Å². The summed E-state index contributed by atoms with van der Waals surface area (Å²) < 4.78 is 6.50. The highest BCUT2D eigenvalue weighted by Crippen LogP contribution is 2.60. The Balaban J connectivity index is 1.26. The molecule has 52 heavy (non-hydrogen) atoms. The molecule has 0 fully saturated rings. The molecule has 0 aromatic heterocycles. The molecule has 0 saturated carbocycles. The van der Waals surface area contributed by atoms with Crippen molar-refractivity contribution in [3.05, 3.63) is 216 Å². The summed E-state index contributed by atoms with van der Waals surface area (Å²) in [5.74, 6) is 1.81. The molecule has 0 radical (unpaired) electrons. The highest BCUT2D eigenvalue weighted by atomic mass is 16.5. The predicted molar refractivity (Wildman–Crippen MR) is 215 cm³/mol. The van der Waals surface area contributed by atoms with Crippen LogP contribution in [-0.4, -0.2) is 0 Å². The van der Waals surface area contributed by atoms with Crippen LogP contribution in [-0.2, 0) is 5.41 Å². The summed E-state index contributed by atoms with van der Waals surface area (Å²) >= 11 is 0.